The molecule has 1 saturated carbocycles. The molecule has 0 spiro atoms. The minimum Gasteiger partial charge on any atom is -0.376 e. The highest BCUT2D eigenvalue weighted by Crippen LogP contribution is 2.36. The molecule has 0 saturated heterocycles. The molecule has 2 aromatic carbocycles. The Morgan fingerprint density at radius 3 is 2.20 bits per heavy atom. The van der Waals surface area contributed by atoms with Gasteiger partial charge in [-0.1, -0.05) is 73.3 Å². The summed E-state index contributed by atoms with van der Waals surface area (Å²) >= 11 is 0. The molecule has 2 atom stereocenters. The van der Waals surface area contributed by atoms with Crippen molar-refractivity contribution in [2.24, 2.45) is 5.92 Å². The molecular formula is C22H24O3. The van der Waals surface area contributed by atoms with Gasteiger partial charge in [-0.05, 0) is 23.5 Å². The van der Waals surface area contributed by atoms with Crippen molar-refractivity contribution < 1.29 is 14.3 Å². The smallest absolute Gasteiger partial charge is 0.168 e. The zero-order valence-electron chi connectivity index (χ0n) is 14.4. The van der Waals surface area contributed by atoms with Crippen LogP contribution < -0.4 is 0 Å². The summed E-state index contributed by atoms with van der Waals surface area (Å²) in [6, 6.07) is 20.0. The van der Waals surface area contributed by atoms with E-state index in [1.165, 1.54) is 0 Å². The summed E-state index contributed by atoms with van der Waals surface area (Å²) in [6.45, 7) is 5.39. The maximum Gasteiger partial charge on any atom is 0.168 e. The van der Waals surface area contributed by atoms with E-state index in [1.807, 2.05) is 60.7 Å². The third kappa shape index (κ3) is 4.44. The van der Waals surface area contributed by atoms with Crippen LogP contribution in [0.2, 0.25) is 0 Å². The van der Waals surface area contributed by atoms with Gasteiger partial charge in [0.05, 0.1) is 19.8 Å². The molecule has 0 aliphatic heterocycles. The molecule has 0 amide bonds. The van der Waals surface area contributed by atoms with Gasteiger partial charge in [-0.2, -0.15) is 0 Å². The molecule has 3 heteroatoms. The van der Waals surface area contributed by atoms with E-state index in [4.69, 9.17) is 9.47 Å². The molecule has 0 N–H and O–H groups in total. The molecule has 0 bridgehead atoms. The Kier molecular flexibility index (Phi) is 5.79. The number of hydrogen-bond acceptors (Lipinski definition) is 3. The zero-order valence-corrected chi connectivity index (χ0v) is 14.4. The molecule has 2 aromatic rings. The van der Waals surface area contributed by atoms with Gasteiger partial charge < -0.3 is 9.47 Å². The maximum atomic E-state index is 12.5. The molecule has 1 aliphatic carbocycles. The van der Waals surface area contributed by atoms with E-state index in [-0.39, 0.29) is 11.7 Å². The second-order valence-corrected chi connectivity index (χ2v) is 6.57. The van der Waals surface area contributed by atoms with Gasteiger partial charge in [-0.25, -0.2) is 0 Å². The number of carbonyl (C=O) groups is 1. The Bertz CT molecular complexity index is 696. The quantitative estimate of drug-likeness (QED) is 0.673. The molecule has 0 heterocycles. The van der Waals surface area contributed by atoms with Crippen molar-refractivity contribution in [1.29, 1.82) is 0 Å². The fourth-order valence-electron chi connectivity index (χ4n) is 3.27. The molecule has 1 aliphatic rings. The summed E-state index contributed by atoms with van der Waals surface area (Å²) in [7, 11) is 0. The van der Waals surface area contributed by atoms with Crippen LogP contribution in [0.3, 0.4) is 0 Å². The van der Waals surface area contributed by atoms with Crippen LogP contribution in [-0.4, -0.2) is 18.0 Å². The van der Waals surface area contributed by atoms with Crippen molar-refractivity contribution in [2.45, 2.75) is 31.7 Å². The molecule has 3 nitrogen and oxygen atoms in total. The van der Waals surface area contributed by atoms with Gasteiger partial charge in [0, 0.05) is 6.42 Å². The lowest BCUT2D eigenvalue weighted by molar-refractivity contribution is -0.135. The Hall–Kier alpha value is -2.23. The average molecular weight is 336 g/mol. The summed E-state index contributed by atoms with van der Waals surface area (Å²) in [6.07, 6.45) is 2.78. The van der Waals surface area contributed by atoms with Gasteiger partial charge in [-0.3, -0.25) is 4.79 Å². The van der Waals surface area contributed by atoms with E-state index in [9.17, 15) is 4.79 Å². The highest BCUT2D eigenvalue weighted by molar-refractivity contribution is 5.91. The van der Waals surface area contributed by atoms with Crippen molar-refractivity contribution in [3.63, 3.8) is 0 Å². The number of carbonyl (C=O) groups excluding carboxylic acids is 1. The third-order valence-electron chi connectivity index (χ3n) is 4.67. The van der Waals surface area contributed by atoms with Gasteiger partial charge in [0.15, 0.2) is 5.78 Å². The Morgan fingerprint density at radius 1 is 1.00 bits per heavy atom. The summed E-state index contributed by atoms with van der Waals surface area (Å²) in [4.78, 5) is 12.5. The van der Waals surface area contributed by atoms with Crippen LogP contribution in [0, 0.1) is 5.92 Å². The van der Waals surface area contributed by atoms with Crippen molar-refractivity contribution in [2.75, 3.05) is 6.61 Å². The van der Waals surface area contributed by atoms with E-state index in [0.29, 0.717) is 32.7 Å². The predicted octanol–water partition coefficient (Wildman–Crippen LogP) is 4.32. The Morgan fingerprint density at radius 2 is 1.60 bits per heavy atom. The lowest BCUT2D eigenvalue weighted by Gasteiger charge is -2.24. The van der Waals surface area contributed by atoms with Gasteiger partial charge in [-0.15, -0.1) is 0 Å². The maximum absolute atomic E-state index is 12.5. The van der Waals surface area contributed by atoms with Gasteiger partial charge >= 0.3 is 0 Å². The third-order valence-corrected chi connectivity index (χ3v) is 4.67. The fraction of sp³-hybridized carbons (Fsp3) is 0.318. The normalized spacial score (nSPS) is 22.9. The Balaban J connectivity index is 1.53. The molecule has 3 rings (SSSR count). The number of rotatable bonds is 8. The average Bonchev–Trinajstić information content (AvgIpc) is 2.98. The molecule has 0 aromatic heterocycles. The van der Waals surface area contributed by atoms with Crippen molar-refractivity contribution in [3.05, 3.63) is 84.4 Å². The monoisotopic (exact) mass is 336 g/mol. The van der Waals surface area contributed by atoms with E-state index >= 15 is 0 Å². The van der Waals surface area contributed by atoms with Crippen LogP contribution in [-0.2, 0) is 27.5 Å². The van der Waals surface area contributed by atoms with Crippen LogP contribution >= 0.6 is 0 Å². The predicted molar refractivity (Wildman–Crippen MR) is 98.0 cm³/mol. The number of hydrogen-bond donors (Lipinski definition) is 0. The summed E-state index contributed by atoms with van der Waals surface area (Å²) < 4.78 is 11.8. The second kappa shape index (κ2) is 8.24. The largest absolute Gasteiger partial charge is 0.376 e. The fourth-order valence-corrected chi connectivity index (χ4v) is 3.27. The van der Waals surface area contributed by atoms with Gasteiger partial charge in [0.2, 0.25) is 0 Å². The van der Waals surface area contributed by atoms with E-state index < -0.39 is 5.60 Å². The topological polar surface area (TPSA) is 35.5 Å². The van der Waals surface area contributed by atoms with Crippen LogP contribution in [0.4, 0.5) is 0 Å². The first-order valence-corrected chi connectivity index (χ1v) is 8.68. The number of ketones is 1. The number of ether oxygens (including phenoxy) is 2. The minimum atomic E-state index is -0.878. The second-order valence-electron chi connectivity index (χ2n) is 6.57. The van der Waals surface area contributed by atoms with Crippen LogP contribution in [0.5, 0.6) is 0 Å². The SMILES string of the molecule is C=C[C@@]1(OCc2ccccc2)C[C@H](COCc2ccccc2)CC1=O. The number of Topliss-reactive ketones (excluding diaryl/α,β-unsaturated/α-hetero) is 1. The van der Waals surface area contributed by atoms with Crippen molar-refractivity contribution in [3.8, 4) is 0 Å². The van der Waals surface area contributed by atoms with Crippen molar-refractivity contribution >= 4 is 5.78 Å². The lowest BCUT2D eigenvalue weighted by Crippen LogP contribution is -2.34. The molecular weight excluding hydrogens is 312 g/mol. The standard InChI is InChI=1S/C22H24O3/c1-2-22(25-17-19-11-7-4-8-12-19)14-20(13-21(22)23)16-24-15-18-9-5-3-6-10-18/h2-12,20H,1,13-17H2/t20-,22-/m1/s1. The first-order chi connectivity index (χ1) is 12.2. The van der Waals surface area contributed by atoms with Crippen LogP contribution in [0.15, 0.2) is 73.3 Å². The van der Waals surface area contributed by atoms with Crippen LogP contribution in [0.25, 0.3) is 0 Å². The molecule has 130 valence electrons. The lowest BCUT2D eigenvalue weighted by atomic mass is 9.99. The molecule has 0 radical (unpaired) electrons. The molecule has 25 heavy (non-hydrogen) atoms. The Labute approximate surface area is 149 Å². The van der Waals surface area contributed by atoms with E-state index in [1.54, 1.807) is 6.08 Å². The summed E-state index contributed by atoms with van der Waals surface area (Å²) in [5, 5.41) is 0. The van der Waals surface area contributed by atoms with E-state index in [0.717, 1.165) is 11.1 Å². The molecule has 0 unspecified atom stereocenters. The highest BCUT2D eigenvalue weighted by atomic mass is 16.5. The minimum absolute atomic E-state index is 0.103. The first kappa shape index (κ1) is 17.6. The zero-order chi connectivity index (χ0) is 17.5. The van der Waals surface area contributed by atoms with Gasteiger partial charge in [0.1, 0.15) is 5.60 Å². The molecule has 1 fully saturated rings. The van der Waals surface area contributed by atoms with Crippen molar-refractivity contribution in [1.82, 2.24) is 0 Å². The van der Waals surface area contributed by atoms with E-state index in [2.05, 4.69) is 6.58 Å². The van der Waals surface area contributed by atoms with Gasteiger partial charge in [0.25, 0.3) is 0 Å². The van der Waals surface area contributed by atoms with Crippen LogP contribution in [0.1, 0.15) is 24.0 Å². The summed E-state index contributed by atoms with van der Waals surface area (Å²) in [5.74, 6) is 0.275. The highest BCUT2D eigenvalue weighted by Gasteiger charge is 2.45. The number of benzene rings is 2. The summed E-state index contributed by atoms with van der Waals surface area (Å²) in [5.41, 5.74) is 1.32. The first-order valence-electron chi connectivity index (χ1n) is 8.68.